The van der Waals surface area contributed by atoms with Gasteiger partial charge in [-0.25, -0.2) is 14.2 Å². The zero-order chi connectivity index (χ0) is 15.8. The average Bonchev–Trinajstić information content (AvgIpc) is 2.71. The van der Waals surface area contributed by atoms with Crippen molar-refractivity contribution in [1.82, 2.24) is 4.98 Å². The van der Waals surface area contributed by atoms with E-state index in [4.69, 9.17) is 4.99 Å². The third-order valence-corrected chi connectivity index (χ3v) is 5.21. The van der Waals surface area contributed by atoms with Crippen LogP contribution in [-0.2, 0) is 10.8 Å². The van der Waals surface area contributed by atoms with E-state index in [-0.39, 0.29) is 0 Å². The summed E-state index contributed by atoms with van der Waals surface area (Å²) in [7, 11) is -1.33. The summed E-state index contributed by atoms with van der Waals surface area (Å²) in [6.07, 6.45) is 1.66. The van der Waals surface area contributed by atoms with E-state index in [1.165, 1.54) is 5.56 Å². The molecule has 112 valence electrons. The predicted molar refractivity (Wildman–Crippen MR) is 91.8 cm³/mol. The number of benzene rings is 2. The van der Waals surface area contributed by atoms with Crippen molar-refractivity contribution in [2.45, 2.75) is 16.8 Å². The van der Waals surface area contributed by atoms with Crippen LogP contribution in [0.15, 0.2) is 81.8 Å². The van der Waals surface area contributed by atoms with Crippen molar-refractivity contribution in [2.75, 3.05) is 0 Å². The van der Waals surface area contributed by atoms with Crippen LogP contribution in [0.2, 0.25) is 0 Å². The average molecular weight is 318 g/mol. The third-order valence-electron chi connectivity index (χ3n) is 3.79. The van der Waals surface area contributed by atoms with Gasteiger partial charge in [-0.2, -0.15) is 0 Å². The Balaban J connectivity index is 2.06. The summed E-state index contributed by atoms with van der Waals surface area (Å²) >= 11 is 0. The highest BCUT2D eigenvalue weighted by Gasteiger charge is 2.23. The summed E-state index contributed by atoms with van der Waals surface area (Å²) in [6, 6.07) is 19.6. The minimum atomic E-state index is -1.33. The Labute approximate surface area is 137 Å². The molecule has 23 heavy (non-hydrogen) atoms. The summed E-state index contributed by atoms with van der Waals surface area (Å²) in [6.45, 7) is 2.06. The number of rotatable bonds is 1. The lowest BCUT2D eigenvalue weighted by Crippen LogP contribution is -2.06. The largest absolute Gasteiger partial charge is 0.247 e. The Morgan fingerprint density at radius 1 is 0.957 bits per heavy atom. The van der Waals surface area contributed by atoms with Gasteiger partial charge in [0.25, 0.3) is 0 Å². The lowest BCUT2D eigenvalue weighted by molar-refractivity contribution is 0.680. The molecule has 1 unspecified atom stereocenters. The van der Waals surface area contributed by atoms with E-state index >= 15 is 0 Å². The fraction of sp³-hybridized carbons (Fsp3) is 0.0526. The number of hydrogen-bond acceptors (Lipinski definition) is 3. The molecule has 0 bridgehead atoms. The number of aliphatic imine (C=N–C) groups is 1. The van der Waals surface area contributed by atoms with Gasteiger partial charge in [0, 0.05) is 17.3 Å². The molecule has 1 aliphatic heterocycles. The highest BCUT2D eigenvalue weighted by molar-refractivity contribution is 7.85. The van der Waals surface area contributed by atoms with E-state index in [0.717, 1.165) is 21.7 Å². The molecule has 3 nitrogen and oxygen atoms in total. The second-order valence-electron chi connectivity index (χ2n) is 5.42. The Morgan fingerprint density at radius 2 is 1.83 bits per heavy atom. The van der Waals surface area contributed by atoms with Crippen LogP contribution in [0.4, 0.5) is 5.69 Å². The minimum absolute atomic E-state index is 0.516. The number of nitrogens with zero attached hydrogens (tertiary/aromatic N) is 2. The molecule has 0 saturated carbocycles. The number of pyridine rings is 1. The van der Waals surface area contributed by atoms with Crippen LogP contribution < -0.4 is 0 Å². The molecule has 2 heterocycles. The van der Waals surface area contributed by atoms with Crippen LogP contribution in [0.3, 0.4) is 0 Å². The first-order chi connectivity index (χ1) is 11.2. The third kappa shape index (κ3) is 2.41. The molecular formula is C19H14N2OS. The predicted octanol–water partition coefficient (Wildman–Crippen LogP) is 4.04. The molecule has 1 atom stereocenters. The molecule has 0 N–H and O–H groups in total. The van der Waals surface area contributed by atoms with Gasteiger partial charge in [0.2, 0.25) is 0 Å². The molecule has 1 aromatic heterocycles. The van der Waals surface area contributed by atoms with Gasteiger partial charge in [-0.15, -0.1) is 0 Å². The highest BCUT2D eigenvalue weighted by atomic mass is 32.2. The van der Waals surface area contributed by atoms with Crippen molar-refractivity contribution in [1.29, 1.82) is 0 Å². The zero-order valence-electron chi connectivity index (χ0n) is 12.6. The summed E-state index contributed by atoms with van der Waals surface area (Å²) in [4.78, 5) is 9.86. The fourth-order valence-corrected chi connectivity index (χ4v) is 3.97. The summed E-state index contributed by atoms with van der Waals surface area (Å²) < 4.78 is 12.9. The van der Waals surface area contributed by atoms with Crippen molar-refractivity contribution in [2.24, 2.45) is 4.99 Å². The monoisotopic (exact) mass is 318 g/mol. The molecule has 2 aromatic carbocycles. The highest BCUT2D eigenvalue weighted by Crippen LogP contribution is 2.32. The second kappa shape index (κ2) is 5.56. The standard InChI is InChI=1S/C19H14N2OS/c1-13-6-4-7-14(12-13)18-15-8-2-3-10-17(15)23(22)19-16(21-18)9-5-11-20-19/h2-12H,1H3. The fourth-order valence-electron chi connectivity index (χ4n) is 2.73. The van der Waals surface area contributed by atoms with Gasteiger partial charge in [0.15, 0.2) is 5.03 Å². The van der Waals surface area contributed by atoms with Crippen LogP contribution in [0.1, 0.15) is 16.7 Å². The lowest BCUT2D eigenvalue weighted by atomic mass is 10.0. The molecule has 0 aliphatic carbocycles. The first kappa shape index (κ1) is 14.0. The quantitative estimate of drug-likeness (QED) is 0.531. The van der Waals surface area contributed by atoms with Gasteiger partial charge in [-0.3, -0.25) is 0 Å². The number of aromatic nitrogens is 1. The van der Waals surface area contributed by atoms with E-state index < -0.39 is 10.8 Å². The Hall–Kier alpha value is -2.59. The van der Waals surface area contributed by atoms with Gasteiger partial charge >= 0.3 is 0 Å². The number of hydrogen-bond donors (Lipinski definition) is 0. The molecular weight excluding hydrogens is 304 g/mol. The molecule has 0 amide bonds. The van der Waals surface area contributed by atoms with Gasteiger partial charge < -0.3 is 0 Å². The maximum absolute atomic E-state index is 12.9. The van der Waals surface area contributed by atoms with E-state index in [0.29, 0.717) is 10.7 Å². The van der Waals surface area contributed by atoms with Gasteiger partial charge in [-0.1, -0.05) is 42.0 Å². The molecule has 0 saturated heterocycles. The maximum Gasteiger partial charge on any atom is 0.157 e. The molecule has 1 aliphatic rings. The van der Waals surface area contributed by atoms with Crippen LogP contribution in [0.5, 0.6) is 0 Å². The van der Waals surface area contributed by atoms with Crippen molar-refractivity contribution in [3.05, 3.63) is 83.6 Å². The van der Waals surface area contributed by atoms with Crippen molar-refractivity contribution < 1.29 is 4.21 Å². The van der Waals surface area contributed by atoms with Gasteiger partial charge in [-0.05, 0) is 31.2 Å². The zero-order valence-corrected chi connectivity index (χ0v) is 13.4. The Bertz CT molecular complexity index is 963. The molecule has 3 aromatic rings. The summed E-state index contributed by atoms with van der Waals surface area (Å²) in [5.74, 6) is 0. The van der Waals surface area contributed by atoms with Gasteiger partial charge in [0.1, 0.15) is 10.8 Å². The second-order valence-corrected chi connectivity index (χ2v) is 6.79. The van der Waals surface area contributed by atoms with Crippen LogP contribution in [0, 0.1) is 6.92 Å². The molecule has 0 radical (unpaired) electrons. The van der Waals surface area contributed by atoms with Crippen LogP contribution in [0.25, 0.3) is 0 Å². The van der Waals surface area contributed by atoms with Crippen LogP contribution in [-0.4, -0.2) is 14.9 Å². The Morgan fingerprint density at radius 3 is 2.70 bits per heavy atom. The summed E-state index contributed by atoms with van der Waals surface area (Å²) in [5, 5.41) is 0.516. The van der Waals surface area contributed by atoms with Crippen LogP contribution >= 0.6 is 0 Å². The van der Waals surface area contributed by atoms with E-state index in [9.17, 15) is 4.21 Å². The first-order valence-electron chi connectivity index (χ1n) is 7.36. The Kier molecular flexibility index (Phi) is 3.39. The smallest absolute Gasteiger partial charge is 0.157 e. The van der Waals surface area contributed by atoms with Crippen molar-refractivity contribution in [3.63, 3.8) is 0 Å². The van der Waals surface area contributed by atoms with Crippen molar-refractivity contribution >= 4 is 22.2 Å². The lowest BCUT2D eigenvalue weighted by Gasteiger charge is -2.09. The number of fused-ring (bicyclic) bond motifs is 2. The topological polar surface area (TPSA) is 42.3 Å². The van der Waals surface area contributed by atoms with E-state index in [1.807, 2.05) is 48.5 Å². The normalized spacial score (nSPS) is 16.0. The van der Waals surface area contributed by atoms with Gasteiger partial charge in [0.05, 0.1) is 16.3 Å². The van der Waals surface area contributed by atoms with E-state index in [1.54, 1.807) is 6.20 Å². The molecule has 4 heteroatoms. The first-order valence-corrected chi connectivity index (χ1v) is 8.51. The van der Waals surface area contributed by atoms with E-state index in [2.05, 4.69) is 24.0 Å². The SMILES string of the molecule is Cc1cccc(C2=Nc3cccnc3S(=O)c3ccccc32)c1. The molecule has 0 fully saturated rings. The summed E-state index contributed by atoms with van der Waals surface area (Å²) in [5.41, 5.74) is 4.59. The number of aryl methyl sites for hydroxylation is 1. The maximum atomic E-state index is 12.9. The minimum Gasteiger partial charge on any atom is -0.247 e. The molecule has 0 spiro atoms. The van der Waals surface area contributed by atoms with Crippen molar-refractivity contribution in [3.8, 4) is 0 Å². The molecule has 4 rings (SSSR count).